The third-order valence-electron chi connectivity index (χ3n) is 4.88. The zero-order valence-corrected chi connectivity index (χ0v) is 16.2. The molecule has 0 aliphatic carbocycles. The third-order valence-corrected chi connectivity index (χ3v) is 4.88. The molecule has 1 amide bonds. The van der Waals surface area contributed by atoms with Crippen LogP contribution in [0.25, 0.3) is 6.08 Å². The fraction of sp³-hybridized carbons (Fsp3) is 0.318. The molecule has 27 heavy (non-hydrogen) atoms. The zero-order valence-electron chi connectivity index (χ0n) is 16.2. The smallest absolute Gasteiger partial charge is 0.248 e. The number of ether oxygens (including phenoxy) is 1. The molecule has 1 N–H and O–H groups in total. The molecule has 1 saturated heterocycles. The van der Waals surface area contributed by atoms with Crippen LogP contribution >= 0.6 is 0 Å². The van der Waals surface area contributed by atoms with Crippen LogP contribution in [0.4, 0.5) is 11.4 Å². The lowest BCUT2D eigenvalue weighted by Gasteiger charge is -2.34. The lowest BCUT2D eigenvalue weighted by molar-refractivity contribution is -0.111. The summed E-state index contributed by atoms with van der Waals surface area (Å²) >= 11 is 0. The minimum absolute atomic E-state index is 0.138. The number of anilines is 2. The van der Waals surface area contributed by atoms with Crippen LogP contribution in [0, 0.1) is 6.92 Å². The van der Waals surface area contributed by atoms with Crippen molar-refractivity contribution in [3.05, 3.63) is 59.7 Å². The van der Waals surface area contributed by atoms with Crippen LogP contribution in [0.1, 0.15) is 11.1 Å². The number of carbonyl (C=O) groups is 1. The molecule has 2 aromatic rings. The normalized spacial score (nSPS) is 15.1. The van der Waals surface area contributed by atoms with Gasteiger partial charge in [-0.3, -0.25) is 4.79 Å². The van der Waals surface area contributed by atoms with Crippen LogP contribution in [-0.4, -0.2) is 51.1 Å². The summed E-state index contributed by atoms with van der Waals surface area (Å²) in [5, 5.41) is 2.96. The fourth-order valence-corrected chi connectivity index (χ4v) is 3.11. The molecule has 1 aliphatic rings. The molecule has 0 atom stereocenters. The second-order valence-electron chi connectivity index (χ2n) is 6.89. The van der Waals surface area contributed by atoms with E-state index in [1.165, 1.54) is 5.69 Å². The number of hydrogen-bond acceptors (Lipinski definition) is 4. The van der Waals surface area contributed by atoms with Gasteiger partial charge in [0.15, 0.2) is 0 Å². The highest BCUT2D eigenvalue weighted by molar-refractivity contribution is 6.02. The Bertz CT molecular complexity index is 807. The van der Waals surface area contributed by atoms with Gasteiger partial charge in [0.1, 0.15) is 5.75 Å². The van der Waals surface area contributed by atoms with Crippen molar-refractivity contribution >= 4 is 23.4 Å². The van der Waals surface area contributed by atoms with E-state index in [4.69, 9.17) is 4.74 Å². The Hall–Kier alpha value is -2.79. The first-order valence-corrected chi connectivity index (χ1v) is 9.22. The van der Waals surface area contributed by atoms with Crippen LogP contribution in [0.15, 0.2) is 48.5 Å². The van der Waals surface area contributed by atoms with E-state index >= 15 is 0 Å². The highest BCUT2D eigenvalue weighted by atomic mass is 16.5. The molecule has 0 aromatic heterocycles. The molecule has 0 spiro atoms. The number of benzene rings is 2. The highest BCUT2D eigenvalue weighted by Crippen LogP contribution is 2.23. The molecular weight excluding hydrogens is 338 g/mol. The van der Waals surface area contributed by atoms with Crippen LogP contribution in [0.3, 0.4) is 0 Å². The van der Waals surface area contributed by atoms with Gasteiger partial charge in [-0.15, -0.1) is 0 Å². The van der Waals surface area contributed by atoms with Gasteiger partial charge in [0.25, 0.3) is 0 Å². The van der Waals surface area contributed by atoms with Gasteiger partial charge in [0.05, 0.1) is 7.11 Å². The number of hydrogen-bond donors (Lipinski definition) is 1. The van der Waals surface area contributed by atoms with Crippen LogP contribution in [0.2, 0.25) is 0 Å². The van der Waals surface area contributed by atoms with E-state index in [9.17, 15) is 4.79 Å². The predicted molar refractivity (Wildman–Crippen MR) is 112 cm³/mol. The fourth-order valence-electron chi connectivity index (χ4n) is 3.11. The minimum atomic E-state index is -0.138. The van der Waals surface area contributed by atoms with E-state index in [0.717, 1.165) is 48.7 Å². The Morgan fingerprint density at radius 1 is 1.07 bits per heavy atom. The first-order valence-electron chi connectivity index (χ1n) is 9.22. The Kier molecular flexibility index (Phi) is 6.14. The van der Waals surface area contributed by atoms with Gasteiger partial charge in [-0.25, -0.2) is 0 Å². The lowest BCUT2D eigenvalue weighted by Crippen LogP contribution is -2.44. The maximum Gasteiger partial charge on any atom is 0.248 e. The van der Waals surface area contributed by atoms with Crippen LogP contribution < -0.4 is 15.0 Å². The summed E-state index contributed by atoms with van der Waals surface area (Å²) in [6, 6.07) is 13.8. The van der Waals surface area contributed by atoms with Crippen molar-refractivity contribution in [2.24, 2.45) is 0 Å². The number of rotatable bonds is 5. The Labute approximate surface area is 161 Å². The number of amides is 1. The lowest BCUT2D eigenvalue weighted by atomic mass is 10.1. The molecule has 1 aliphatic heterocycles. The van der Waals surface area contributed by atoms with E-state index in [0.29, 0.717) is 0 Å². The maximum atomic E-state index is 12.2. The number of nitrogens with zero attached hydrogens (tertiary/aromatic N) is 2. The Balaban J connectivity index is 1.61. The molecule has 1 heterocycles. The molecule has 0 radical (unpaired) electrons. The molecule has 5 heteroatoms. The number of piperazine rings is 1. The molecule has 142 valence electrons. The predicted octanol–water partition coefficient (Wildman–Crippen LogP) is 3.41. The number of methoxy groups -OCH3 is 1. The summed E-state index contributed by atoms with van der Waals surface area (Å²) in [6.07, 6.45) is 3.35. The maximum absolute atomic E-state index is 12.2. The van der Waals surface area contributed by atoms with Gasteiger partial charge in [-0.2, -0.15) is 0 Å². The van der Waals surface area contributed by atoms with E-state index in [2.05, 4.69) is 34.3 Å². The second-order valence-corrected chi connectivity index (χ2v) is 6.89. The first kappa shape index (κ1) is 19.0. The zero-order chi connectivity index (χ0) is 19.2. The number of aryl methyl sites for hydroxylation is 1. The topological polar surface area (TPSA) is 44.8 Å². The standard InChI is InChI=1S/C22H27N3O2/c1-17-16-19(25-14-12-24(2)13-15-25)7-10-21(17)23-22(26)11-6-18-4-8-20(27-3)9-5-18/h4-11,16H,12-15H2,1-3H3,(H,23,26)/b11-6+. The van der Waals surface area contributed by atoms with Crippen molar-refractivity contribution in [3.8, 4) is 5.75 Å². The molecule has 0 saturated carbocycles. The van der Waals surface area contributed by atoms with E-state index in [1.54, 1.807) is 19.3 Å². The minimum Gasteiger partial charge on any atom is -0.497 e. The molecule has 2 aromatic carbocycles. The van der Waals surface area contributed by atoms with Crippen molar-refractivity contribution < 1.29 is 9.53 Å². The summed E-state index contributed by atoms with van der Waals surface area (Å²) in [4.78, 5) is 17.0. The molecule has 5 nitrogen and oxygen atoms in total. The number of nitrogens with one attached hydrogen (secondary N) is 1. The quantitative estimate of drug-likeness (QED) is 0.825. The molecule has 3 rings (SSSR count). The van der Waals surface area contributed by atoms with Crippen molar-refractivity contribution in [3.63, 3.8) is 0 Å². The summed E-state index contributed by atoms with van der Waals surface area (Å²) in [5.74, 6) is 0.661. The summed E-state index contributed by atoms with van der Waals surface area (Å²) in [7, 11) is 3.79. The van der Waals surface area contributed by atoms with Gasteiger partial charge >= 0.3 is 0 Å². The summed E-state index contributed by atoms with van der Waals surface area (Å²) in [6.45, 7) is 6.25. The SMILES string of the molecule is COc1ccc(/C=C/C(=O)Nc2ccc(N3CCN(C)CC3)cc2C)cc1. The Morgan fingerprint density at radius 2 is 1.78 bits per heavy atom. The second kappa shape index (κ2) is 8.73. The van der Waals surface area contributed by atoms with Gasteiger partial charge in [0, 0.05) is 43.6 Å². The first-order chi connectivity index (χ1) is 13.0. The van der Waals surface area contributed by atoms with Crippen molar-refractivity contribution in [1.29, 1.82) is 0 Å². The molecular formula is C22H27N3O2. The molecule has 0 unspecified atom stereocenters. The van der Waals surface area contributed by atoms with Crippen LogP contribution in [-0.2, 0) is 4.79 Å². The van der Waals surface area contributed by atoms with Gasteiger partial charge < -0.3 is 19.9 Å². The Morgan fingerprint density at radius 3 is 2.41 bits per heavy atom. The molecule has 0 bridgehead atoms. The van der Waals surface area contributed by atoms with Gasteiger partial charge in [-0.1, -0.05) is 12.1 Å². The number of carbonyl (C=O) groups excluding carboxylic acids is 1. The van der Waals surface area contributed by atoms with Gasteiger partial charge in [-0.05, 0) is 61.5 Å². The summed E-state index contributed by atoms with van der Waals surface area (Å²) < 4.78 is 5.14. The van der Waals surface area contributed by atoms with E-state index in [-0.39, 0.29) is 5.91 Å². The van der Waals surface area contributed by atoms with Crippen molar-refractivity contribution in [2.45, 2.75) is 6.92 Å². The van der Waals surface area contributed by atoms with Crippen LogP contribution in [0.5, 0.6) is 5.75 Å². The van der Waals surface area contributed by atoms with E-state index in [1.807, 2.05) is 37.3 Å². The monoisotopic (exact) mass is 365 g/mol. The van der Waals surface area contributed by atoms with E-state index < -0.39 is 0 Å². The third kappa shape index (κ3) is 5.11. The van der Waals surface area contributed by atoms with Gasteiger partial charge in [0.2, 0.25) is 5.91 Å². The molecule has 1 fully saturated rings. The average Bonchev–Trinajstić information content (AvgIpc) is 2.69. The van der Waals surface area contributed by atoms with Crippen molar-refractivity contribution in [2.75, 3.05) is 50.6 Å². The summed E-state index contributed by atoms with van der Waals surface area (Å²) in [5.41, 5.74) is 4.08. The number of likely N-dealkylation sites (N-methyl/N-ethyl adjacent to an activating group) is 1. The largest absolute Gasteiger partial charge is 0.497 e. The highest BCUT2D eigenvalue weighted by Gasteiger charge is 2.15. The van der Waals surface area contributed by atoms with Crippen molar-refractivity contribution in [1.82, 2.24) is 4.90 Å². The average molecular weight is 365 g/mol.